The molecule has 0 aliphatic carbocycles. The third-order valence-corrected chi connectivity index (χ3v) is 1.67. The normalized spacial score (nSPS) is 7.50. The first-order chi connectivity index (χ1) is 7.50. The van der Waals surface area contributed by atoms with Crippen molar-refractivity contribution in [1.29, 1.82) is 0 Å². The Morgan fingerprint density at radius 2 is 0.562 bits per heavy atom. The maximum atomic E-state index is 2.00. The van der Waals surface area contributed by atoms with Crippen LogP contribution < -0.4 is 0 Å². The molecule has 0 nitrogen and oxygen atoms in total. The van der Waals surface area contributed by atoms with E-state index < -0.39 is 0 Å². The zero-order valence-corrected chi connectivity index (χ0v) is 11.6. The summed E-state index contributed by atoms with van der Waals surface area (Å²) >= 11 is 0. The van der Waals surface area contributed by atoms with Crippen LogP contribution in [0.2, 0.25) is 0 Å². The van der Waals surface area contributed by atoms with Crippen molar-refractivity contribution < 1.29 is 26.2 Å². The standard InChI is InChI=1S/3C5H5.Zr/c3*1-2-4-5-3-1;/h3*1-5H;/q3*-1;+3. The van der Waals surface area contributed by atoms with Gasteiger partial charge in [-0.05, 0) is 0 Å². The molecular weight excluding hydrogens is 271 g/mol. The Bertz CT molecular complexity index is 237. The minimum absolute atomic E-state index is 0. The van der Waals surface area contributed by atoms with E-state index >= 15 is 0 Å². The predicted molar refractivity (Wildman–Crippen MR) is 66.1 cm³/mol. The molecule has 0 unspecified atom stereocenters. The average Bonchev–Trinajstić information content (AvgIpc) is 3.09. The molecule has 16 heavy (non-hydrogen) atoms. The molecule has 0 aromatic heterocycles. The van der Waals surface area contributed by atoms with Gasteiger partial charge in [0.2, 0.25) is 0 Å². The van der Waals surface area contributed by atoms with E-state index in [2.05, 4.69) is 0 Å². The second-order valence-electron chi connectivity index (χ2n) is 2.89. The molecule has 1 heteroatoms. The van der Waals surface area contributed by atoms with Gasteiger partial charge in [-0.2, -0.15) is 54.6 Å². The monoisotopic (exact) mass is 285 g/mol. The Morgan fingerprint density at radius 3 is 0.625 bits per heavy atom. The van der Waals surface area contributed by atoms with Gasteiger partial charge in [0, 0.05) is 0 Å². The molecule has 0 fully saturated rings. The van der Waals surface area contributed by atoms with Crippen molar-refractivity contribution in [3.05, 3.63) is 91.0 Å². The molecule has 0 saturated carbocycles. The minimum Gasteiger partial charge on any atom is -0.214 e. The van der Waals surface area contributed by atoms with Gasteiger partial charge in [0.15, 0.2) is 0 Å². The van der Waals surface area contributed by atoms with E-state index in [1.807, 2.05) is 91.0 Å². The molecule has 0 aliphatic rings. The van der Waals surface area contributed by atoms with Crippen molar-refractivity contribution in [3.8, 4) is 0 Å². The zero-order chi connectivity index (χ0) is 10.6. The van der Waals surface area contributed by atoms with Crippen molar-refractivity contribution in [2.75, 3.05) is 0 Å². The van der Waals surface area contributed by atoms with Gasteiger partial charge in [-0.25, -0.2) is 36.4 Å². The fourth-order valence-corrected chi connectivity index (χ4v) is 0.962. The van der Waals surface area contributed by atoms with Crippen LogP contribution in [-0.2, 0) is 26.2 Å². The molecule has 0 heterocycles. The van der Waals surface area contributed by atoms with Crippen LogP contribution in [0.25, 0.3) is 0 Å². The van der Waals surface area contributed by atoms with E-state index in [1.54, 1.807) is 0 Å². The third kappa shape index (κ3) is 9.49. The number of hydrogen-bond donors (Lipinski definition) is 0. The molecule has 79 valence electrons. The summed E-state index contributed by atoms with van der Waals surface area (Å²) in [6, 6.07) is 30.0. The summed E-state index contributed by atoms with van der Waals surface area (Å²) in [5.41, 5.74) is 0. The van der Waals surface area contributed by atoms with Gasteiger partial charge in [-0.3, -0.25) is 0 Å². The summed E-state index contributed by atoms with van der Waals surface area (Å²) in [6.45, 7) is 0. The van der Waals surface area contributed by atoms with Crippen molar-refractivity contribution in [2.45, 2.75) is 0 Å². The molecule has 0 spiro atoms. The average molecular weight is 287 g/mol. The first-order valence-electron chi connectivity index (χ1n) is 5.00. The van der Waals surface area contributed by atoms with Crippen LogP contribution in [0, 0.1) is 0 Å². The van der Waals surface area contributed by atoms with Gasteiger partial charge in [-0.15, -0.1) is 0 Å². The maximum Gasteiger partial charge on any atom is 3.00 e. The Morgan fingerprint density at radius 1 is 0.375 bits per heavy atom. The Hall–Kier alpha value is -1.07. The molecule has 0 atom stereocenters. The van der Waals surface area contributed by atoms with Crippen LogP contribution in [0.3, 0.4) is 0 Å². The molecule has 0 saturated heterocycles. The second kappa shape index (κ2) is 12.0. The molecule has 0 bridgehead atoms. The van der Waals surface area contributed by atoms with Gasteiger partial charge in [0.1, 0.15) is 0 Å². The molecule has 0 amide bonds. The van der Waals surface area contributed by atoms with Crippen LogP contribution in [0.15, 0.2) is 91.0 Å². The maximum absolute atomic E-state index is 2.00. The fourth-order valence-electron chi connectivity index (χ4n) is 0.962. The van der Waals surface area contributed by atoms with Gasteiger partial charge >= 0.3 is 26.2 Å². The Labute approximate surface area is 117 Å². The van der Waals surface area contributed by atoms with E-state index in [4.69, 9.17) is 0 Å². The quantitative estimate of drug-likeness (QED) is 0.543. The molecular formula is C15H15Zr. The van der Waals surface area contributed by atoms with E-state index in [0.29, 0.717) is 0 Å². The zero-order valence-electron chi connectivity index (χ0n) is 9.16. The Kier molecular flexibility index (Phi) is 11.2. The smallest absolute Gasteiger partial charge is 0.214 e. The second-order valence-corrected chi connectivity index (χ2v) is 2.89. The number of rotatable bonds is 0. The molecule has 3 aromatic carbocycles. The summed E-state index contributed by atoms with van der Waals surface area (Å²) in [7, 11) is 0. The van der Waals surface area contributed by atoms with Crippen molar-refractivity contribution in [2.24, 2.45) is 0 Å². The molecule has 3 aromatic rings. The molecule has 0 N–H and O–H groups in total. The van der Waals surface area contributed by atoms with Crippen LogP contribution in [0.5, 0.6) is 0 Å². The van der Waals surface area contributed by atoms with Gasteiger partial charge in [0.25, 0.3) is 0 Å². The van der Waals surface area contributed by atoms with Crippen LogP contribution >= 0.6 is 0 Å². The van der Waals surface area contributed by atoms with Crippen LogP contribution in [0.1, 0.15) is 0 Å². The predicted octanol–water partition coefficient (Wildman–Crippen LogP) is 4.21. The summed E-state index contributed by atoms with van der Waals surface area (Å²) < 4.78 is 0. The van der Waals surface area contributed by atoms with E-state index in [9.17, 15) is 0 Å². The van der Waals surface area contributed by atoms with Gasteiger partial charge in [0.05, 0.1) is 0 Å². The van der Waals surface area contributed by atoms with Gasteiger partial charge in [-0.1, -0.05) is 0 Å². The van der Waals surface area contributed by atoms with E-state index in [-0.39, 0.29) is 26.2 Å². The van der Waals surface area contributed by atoms with Crippen LogP contribution in [0.4, 0.5) is 0 Å². The van der Waals surface area contributed by atoms with E-state index in [0.717, 1.165) is 0 Å². The van der Waals surface area contributed by atoms with Crippen molar-refractivity contribution in [3.63, 3.8) is 0 Å². The van der Waals surface area contributed by atoms with Gasteiger partial charge < -0.3 is 0 Å². The van der Waals surface area contributed by atoms with Crippen LogP contribution in [-0.4, -0.2) is 0 Å². The van der Waals surface area contributed by atoms with E-state index in [1.165, 1.54) is 0 Å². The SMILES string of the molecule is [Zr+3].c1cc[cH-]c1.c1cc[cH-]c1.c1cc[cH-]c1. The molecule has 0 aliphatic heterocycles. The topological polar surface area (TPSA) is 0 Å². The third-order valence-electron chi connectivity index (χ3n) is 1.67. The Balaban J connectivity index is 0.000000205. The summed E-state index contributed by atoms with van der Waals surface area (Å²) in [6.07, 6.45) is 0. The summed E-state index contributed by atoms with van der Waals surface area (Å²) in [5, 5.41) is 0. The molecule has 1 radical (unpaired) electrons. The number of hydrogen-bond acceptors (Lipinski definition) is 0. The largest absolute Gasteiger partial charge is 3.00 e. The first-order valence-corrected chi connectivity index (χ1v) is 5.00. The molecule has 3 rings (SSSR count). The summed E-state index contributed by atoms with van der Waals surface area (Å²) in [5.74, 6) is 0. The first kappa shape index (κ1) is 14.9. The van der Waals surface area contributed by atoms with Crippen molar-refractivity contribution in [1.82, 2.24) is 0 Å². The summed E-state index contributed by atoms with van der Waals surface area (Å²) in [4.78, 5) is 0. The van der Waals surface area contributed by atoms with Crippen molar-refractivity contribution >= 4 is 0 Å². The fraction of sp³-hybridized carbons (Fsp3) is 0. The minimum atomic E-state index is 0.